The first kappa shape index (κ1) is 16.4. The normalized spacial score (nSPS) is 14.7. The lowest BCUT2D eigenvalue weighted by Gasteiger charge is -2.30. The third-order valence-electron chi connectivity index (χ3n) is 4.95. The molecule has 5 nitrogen and oxygen atoms in total. The number of benzene rings is 2. The number of aromatic amines is 1. The van der Waals surface area contributed by atoms with Crippen LogP contribution in [-0.2, 0) is 17.8 Å². The number of amides is 2. The number of H-pyrrole nitrogens is 1. The molecule has 0 bridgehead atoms. The molecular weight excluding hydrogens is 326 g/mol. The van der Waals surface area contributed by atoms with Crippen molar-refractivity contribution in [3.8, 4) is 0 Å². The predicted molar refractivity (Wildman–Crippen MR) is 101 cm³/mol. The lowest BCUT2D eigenvalue weighted by molar-refractivity contribution is -0.133. The fraction of sp³-hybridized carbons (Fsp3) is 0.238. The lowest BCUT2D eigenvalue weighted by Crippen LogP contribution is -2.48. The highest BCUT2D eigenvalue weighted by Crippen LogP contribution is 2.27. The number of carbonyl (C=O) groups excluding carboxylic acids is 2. The van der Waals surface area contributed by atoms with Gasteiger partial charge in [-0.15, -0.1) is 0 Å². The molecule has 5 heteroatoms. The summed E-state index contributed by atoms with van der Waals surface area (Å²) in [6.07, 6.45) is 0.801. The Morgan fingerprint density at radius 2 is 1.81 bits per heavy atom. The van der Waals surface area contributed by atoms with E-state index in [1.807, 2.05) is 35.2 Å². The van der Waals surface area contributed by atoms with E-state index in [1.54, 1.807) is 19.1 Å². The predicted octanol–water partition coefficient (Wildman–Crippen LogP) is 2.87. The summed E-state index contributed by atoms with van der Waals surface area (Å²) in [6.45, 7) is 2.97. The standard InChI is InChI=1S/C21H21N3O2/c1-14(22-20(25)15-7-3-2-4-8-15)21(26)24-12-11-19-17(13-24)16-9-5-6-10-18(16)23-19/h2-10,14,23H,11-13H2,1H3,(H,22,25). The minimum atomic E-state index is -0.561. The molecular formula is C21H21N3O2. The van der Waals surface area contributed by atoms with Crippen molar-refractivity contribution < 1.29 is 9.59 Å². The molecule has 132 valence electrons. The topological polar surface area (TPSA) is 65.2 Å². The minimum absolute atomic E-state index is 0.0507. The van der Waals surface area contributed by atoms with E-state index in [1.165, 1.54) is 16.6 Å². The van der Waals surface area contributed by atoms with Gasteiger partial charge in [0.2, 0.25) is 5.91 Å². The van der Waals surface area contributed by atoms with E-state index < -0.39 is 6.04 Å². The van der Waals surface area contributed by atoms with Crippen LogP contribution in [0.15, 0.2) is 54.6 Å². The van der Waals surface area contributed by atoms with Crippen molar-refractivity contribution in [1.29, 1.82) is 0 Å². The van der Waals surface area contributed by atoms with Crippen LogP contribution in [-0.4, -0.2) is 34.3 Å². The SMILES string of the molecule is CC(NC(=O)c1ccccc1)C(=O)N1CCc2[nH]c3ccccc3c2C1. The first-order chi connectivity index (χ1) is 12.6. The van der Waals surface area contributed by atoms with Gasteiger partial charge in [-0.1, -0.05) is 36.4 Å². The van der Waals surface area contributed by atoms with Gasteiger partial charge in [0.15, 0.2) is 0 Å². The molecule has 0 radical (unpaired) electrons. The minimum Gasteiger partial charge on any atom is -0.358 e. The van der Waals surface area contributed by atoms with E-state index in [-0.39, 0.29) is 11.8 Å². The first-order valence-corrected chi connectivity index (χ1v) is 8.86. The Morgan fingerprint density at radius 3 is 2.62 bits per heavy atom. The number of nitrogens with zero attached hydrogens (tertiary/aromatic N) is 1. The second-order valence-corrected chi connectivity index (χ2v) is 6.70. The molecule has 1 aliphatic rings. The molecule has 1 unspecified atom stereocenters. The maximum absolute atomic E-state index is 12.8. The van der Waals surface area contributed by atoms with Crippen molar-refractivity contribution in [2.75, 3.05) is 6.54 Å². The Bertz CT molecular complexity index is 962. The van der Waals surface area contributed by atoms with Crippen molar-refractivity contribution in [3.63, 3.8) is 0 Å². The highest BCUT2D eigenvalue weighted by Gasteiger charge is 2.27. The molecule has 0 fully saturated rings. The van der Waals surface area contributed by atoms with Gasteiger partial charge < -0.3 is 15.2 Å². The molecule has 0 saturated carbocycles. The Balaban J connectivity index is 1.48. The number of para-hydroxylation sites is 1. The molecule has 2 amide bonds. The van der Waals surface area contributed by atoms with Gasteiger partial charge in [0.05, 0.1) is 0 Å². The Morgan fingerprint density at radius 1 is 1.08 bits per heavy atom. The first-order valence-electron chi connectivity index (χ1n) is 8.86. The third-order valence-corrected chi connectivity index (χ3v) is 4.95. The number of carbonyl (C=O) groups is 2. The van der Waals surface area contributed by atoms with Crippen LogP contribution in [0.2, 0.25) is 0 Å². The van der Waals surface area contributed by atoms with Gasteiger partial charge >= 0.3 is 0 Å². The molecule has 2 heterocycles. The summed E-state index contributed by atoms with van der Waals surface area (Å²) in [5, 5.41) is 3.98. The Hall–Kier alpha value is -3.08. The van der Waals surface area contributed by atoms with Gasteiger partial charge in [-0.2, -0.15) is 0 Å². The quantitative estimate of drug-likeness (QED) is 0.765. The van der Waals surface area contributed by atoms with Crippen LogP contribution in [0.25, 0.3) is 10.9 Å². The van der Waals surface area contributed by atoms with Gasteiger partial charge in [-0.25, -0.2) is 0 Å². The zero-order valence-electron chi connectivity index (χ0n) is 14.7. The van der Waals surface area contributed by atoms with Crippen molar-refractivity contribution in [1.82, 2.24) is 15.2 Å². The summed E-state index contributed by atoms with van der Waals surface area (Å²) in [6, 6.07) is 16.6. The molecule has 0 spiro atoms. The van der Waals surface area contributed by atoms with Crippen LogP contribution < -0.4 is 5.32 Å². The van der Waals surface area contributed by atoms with Crippen LogP contribution in [0, 0.1) is 0 Å². The van der Waals surface area contributed by atoms with Crippen LogP contribution in [0.4, 0.5) is 0 Å². The molecule has 1 aromatic heterocycles. The zero-order chi connectivity index (χ0) is 18.1. The van der Waals surface area contributed by atoms with Gasteiger partial charge in [0, 0.05) is 47.2 Å². The summed E-state index contributed by atoms with van der Waals surface area (Å²) >= 11 is 0. The fourth-order valence-electron chi connectivity index (χ4n) is 3.56. The Kier molecular flexibility index (Phi) is 4.21. The van der Waals surface area contributed by atoms with E-state index in [9.17, 15) is 9.59 Å². The fourth-order valence-corrected chi connectivity index (χ4v) is 3.56. The third kappa shape index (κ3) is 2.96. The van der Waals surface area contributed by atoms with Gasteiger partial charge in [-0.05, 0) is 25.1 Å². The molecule has 4 rings (SSSR count). The summed E-state index contributed by atoms with van der Waals surface area (Å²) in [7, 11) is 0. The molecule has 2 aromatic carbocycles. The van der Waals surface area contributed by atoms with Gasteiger partial charge in [-0.3, -0.25) is 9.59 Å². The summed E-state index contributed by atoms with van der Waals surface area (Å²) in [4.78, 5) is 30.4. The molecule has 0 saturated heterocycles. The number of hydrogen-bond acceptors (Lipinski definition) is 2. The van der Waals surface area contributed by atoms with E-state index >= 15 is 0 Å². The second kappa shape index (κ2) is 6.67. The van der Waals surface area contributed by atoms with Crippen LogP contribution in [0.5, 0.6) is 0 Å². The highest BCUT2D eigenvalue weighted by molar-refractivity contribution is 5.97. The number of fused-ring (bicyclic) bond motifs is 3. The summed E-state index contributed by atoms with van der Waals surface area (Å²) in [5.74, 6) is -0.276. The van der Waals surface area contributed by atoms with Crippen molar-refractivity contribution in [3.05, 3.63) is 71.4 Å². The molecule has 26 heavy (non-hydrogen) atoms. The molecule has 1 atom stereocenters. The largest absolute Gasteiger partial charge is 0.358 e. The highest BCUT2D eigenvalue weighted by atomic mass is 16.2. The number of aromatic nitrogens is 1. The molecule has 0 aliphatic carbocycles. The van der Waals surface area contributed by atoms with Gasteiger partial charge in [0.1, 0.15) is 6.04 Å². The smallest absolute Gasteiger partial charge is 0.251 e. The Labute approximate surface area is 152 Å². The number of hydrogen-bond donors (Lipinski definition) is 2. The maximum atomic E-state index is 12.8. The van der Waals surface area contributed by atoms with Crippen LogP contribution >= 0.6 is 0 Å². The van der Waals surface area contributed by atoms with E-state index in [0.717, 1.165) is 11.9 Å². The van der Waals surface area contributed by atoms with Gasteiger partial charge in [0.25, 0.3) is 5.91 Å². The van der Waals surface area contributed by atoms with Crippen molar-refractivity contribution in [2.24, 2.45) is 0 Å². The van der Waals surface area contributed by atoms with Crippen LogP contribution in [0.1, 0.15) is 28.5 Å². The summed E-state index contributed by atoms with van der Waals surface area (Å²) < 4.78 is 0. The average Bonchev–Trinajstić information content (AvgIpc) is 3.06. The van der Waals surface area contributed by atoms with E-state index in [0.29, 0.717) is 18.7 Å². The number of rotatable bonds is 3. The number of nitrogens with one attached hydrogen (secondary N) is 2. The van der Waals surface area contributed by atoms with Crippen molar-refractivity contribution >= 4 is 22.7 Å². The maximum Gasteiger partial charge on any atom is 0.251 e. The monoisotopic (exact) mass is 347 g/mol. The molecule has 2 N–H and O–H groups in total. The van der Waals surface area contributed by atoms with E-state index in [4.69, 9.17) is 0 Å². The summed E-state index contributed by atoms with van der Waals surface area (Å²) in [5.41, 5.74) is 4.06. The molecule has 1 aliphatic heterocycles. The average molecular weight is 347 g/mol. The second-order valence-electron chi connectivity index (χ2n) is 6.70. The lowest BCUT2D eigenvalue weighted by atomic mass is 10.0. The van der Waals surface area contributed by atoms with Crippen molar-refractivity contribution in [2.45, 2.75) is 25.9 Å². The molecule has 3 aromatic rings. The van der Waals surface area contributed by atoms with E-state index in [2.05, 4.69) is 22.4 Å². The van der Waals surface area contributed by atoms with Crippen LogP contribution in [0.3, 0.4) is 0 Å². The zero-order valence-corrected chi connectivity index (χ0v) is 14.7.